The van der Waals surface area contributed by atoms with Gasteiger partial charge in [0.05, 0.1) is 5.52 Å². The van der Waals surface area contributed by atoms with E-state index in [-0.39, 0.29) is 11.5 Å². The van der Waals surface area contributed by atoms with E-state index in [4.69, 9.17) is 11.6 Å². The van der Waals surface area contributed by atoms with Crippen LogP contribution >= 0.6 is 23.4 Å². The number of ketones is 1. The van der Waals surface area contributed by atoms with Gasteiger partial charge >= 0.3 is 0 Å². The Morgan fingerprint density at radius 3 is 2.38 bits per heavy atom. The lowest BCUT2D eigenvalue weighted by molar-refractivity contribution is 0.101. The van der Waals surface area contributed by atoms with Gasteiger partial charge in [-0.25, -0.2) is 0 Å². The molecule has 1 aromatic heterocycles. The first-order chi connectivity index (χ1) is 14.0. The zero-order chi connectivity index (χ0) is 20.5. The van der Waals surface area contributed by atoms with Gasteiger partial charge in [0.1, 0.15) is 5.75 Å². The van der Waals surface area contributed by atoms with Crippen LogP contribution < -0.4 is 0 Å². The standard InChI is InChI=1S/C24H20ClNO2S/c1-15-23(16(2)27)24-20(14-29-19-10-8-17(25)9-11-19)22(28)13-12-21(24)26(15)18-6-4-3-5-7-18/h3-13,28H,14H2,1-2H3. The van der Waals surface area contributed by atoms with Crippen LogP contribution in [-0.2, 0) is 5.75 Å². The van der Waals surface area contributed by atoms with Crippen LogP contribution in [0.4, 0.5) is 0 Å². The smallest absolute Gasteiger partial charge is 0.162 e. The number of Topliss-reactive ketones (excluding diaryl/α,β-unsaturated/α-hetero) is 1. The first-order valence-electron chi connectivity index (χ1n) is 9.28. The fraction of sp³-hybridized carbons (Fsp3) is 0.125. The van der Waals surface area contributed by atoms with Gasteiger partial charge in [-0.3, -0.25) is 4.79 Å². The van der Waals surface area contributed by atoms with Crippen LogP contribution in [0.2, 0.25) is 5.02 Å². The molecule has 0 radical (unpaired) electrons. The van der Waals surface area contributed by atoms with Crippen LogP contribution in [0.1, 0.15) is 28.5 Å². The van der Waals surface area contributed by atoms with Gasteiger partial charge in [0.25, 0.3) is 0 Å². The number of halogens is 1. The largest absolute Gasteiger partial charge is 0.508 e. The summed E-state index contributed by atoms with van der Waals surface area (Å²) in [6.07, 6.45) is 0. The Kier molecular flexibility index (Phi) is 5.39. The van der Waals surface area contributed by atoms with E-state index in [1.165, 1.54) is 0 Å². The van der Waals surface area contributed by atoms with E-state index in [1.54, 1.807) is 24.8 Å². The number of phenolic OH excluding ortho intramolecular Hbond substituents is 1. The molecule has 0 spiro atoms. The first-order valence-corrected chi connectivity index (χ1v) is 10.6. The Morgan fingerprint density at radius 1 is 1.03 bits per heavy atom. The summed E-state index contributed by atoms with van der Waals surface area (Å²) >= 11 is 7.58. The summed E-state index contributed by atoms with van der Waals surface area (Å²) in [5.41, 5.74) is 4.21. The van der Waals surface area contributed by atoms with Crippen molar-refractivity contribution in [3.05, 3.63) is 88.6 Å². The van der Waals surface area contributed by atoms with Gasteiger partial charge in [0.2, 0.25) is 0 Å². The number of rotatable bonds is 5. The fourth-order valence-electron chi connectivity index (χ4n) is 3.74. The number of thioether (sulfide) groups is 1. The third-order valence-corrected chi connectivity index (χ3v) is 6.31. The number of hydrogen-bond donors (Lipinski definition) is 1. The van der Waals surface area contributed by atoms with Crippen molar-refractivity contribution in [2.24, 2.45) is 0 Å². The highest BCUT2D eigenvalue weighted by atomic mass is 35.5. The second-order valence-electron chi connectivity index (χ2n) is 6.89. The Balaban J connectivity index is 1.89. The predicted molar refractivity (Wildman–Crippen MR) is 121 cm³/mol. The minimum atomic E-state index is -0.00877. The molecule has 0 unspecified atom stereocenters. The Morgan fingerprint density at radius 2 is 1.72 bits per heavy atom. The molecule has 0 amide bonds. The van der Waals surface area contributed by atoms with Gasteiger partial charge in [0.15, 0.2) is 5.78 Å². The van der Waals surface area contributed by atoms with Gasteiger partial charge in [-0.2, -0.15) is 0 Å². The molecule has 0 saturated carbocycles. The molecule has 5 heteroatoms. The summed E-state index contributed by atoms with van der Waals surface area (Å²) in [7, 11) is 0. The van der Waals surface area contributed by atoms with E-state index in [2.05, 4.69) is 4.57 Å². The molecule has 0 fully saturated rings. The van der Waals surface area contributed by atoms with Gasteiger partial charge in [-0.05, 0) is 62.4 Å². The number of nitrogens with zero attached hydrogens (tertiary/aromatic N) is 1. The van der Waals surface area contributed by atoms with E-state index in [1.807, 2.05) is 67.6 Å². The third kappa shape index (κ3) is 3.66. The van der Waals surface area contributed by atoms with E-state index in [9.17, 15) is 9.90 Å². The average Bonchev–Trinajstić information content (AvgIpc) is 3.01. The number of aromatic nitrogens is 1. The number of benzene rings is 3. The lowest BCUT2D eigenvalue weighted by Gasteiger charge is -2.10. The number of para-hydroxylation sites is 1. The molecule has 3 nitrogen and oxygen atoms in total. The minimum Gasteiger partial charge on any atom is -0.508 e. The number of phenols is 1. The zero-order valence-electron chi connectivity index (χ0n) is 16.1. The van der Waals surface area contributed by atoms with Crippen molar-refractivity contribution in [2.45, 2.75) is 24.5 Å². The Labute approximate surface area is 178 Å². The van der Waals surface area contributed by atoms with Crippen molar-refractivity contribution >= 4 is 40.0 Å². The van der Waals surface area contributed by atoms with Crippen LogP contribution in [0.25, 0.3) is 16.6 Å². The Bertz CT molecular complexity index is 1200. The first kappa shape index (κ1) is 19.6. The molecule has 146 valence electrons. The highest BCUT2D eigenvalue weighted by Gasteiger charge is 2.22. The summed E-state index contributed by atoms with van der Waals surface area (Å²) in [5, 5.41) is 12.2. The summed E-state index contributed by atoms with van der Waals surface area (Å²) in [6, 6.07) is 21.2. The fourth-order valence-corrected chi connectivity index (χ4v) is 4.79. The molecule has 0 atom stereocenters. The summed E-state index contributed by atoms with van der Waals surface area (Å²) < 4.78 is 2.09. The van der Waals surface area contributed by atoms with Crippen molar-refractivity contribution in [1.29, 1.82) is 0 Å². The highest BCUT2D eigenvalue weighted by molar-refractivity contribution is 7.98. The molecule has 4 rings (SSSR count). The van der Waals surface area contributed by atoms with Crippen molar-refractivity contribution < 1.29 is 9.90 Å². The molecule has 0 aliphatic rings. The lowest BCUT2D eigenvalue weighted by atomic mass is 10.0. The number of hydrogen-bond acceptors (Lipinski definition) is 3. The molecule has 29 heavy (non-hydrogen) atoms. The van der Waals surface area contributed by atoms with E-state index >= 15 is 0 Å². The van der Waals surface area contributed by atoms with Crippen molar-refractivity contribution in [1.82, 2.24) is 4.57 Å². The maximum absolute atomic E-state index is 12.6. The van der Waals surface area contributed by atoms with Gasteiger partial charge in [-0.1, -0.05) is 29.8 Å². The molecule has 0 aliphatic heterocycles. The van der Waals surface area contributed by atoms with Crippen LogP contribution in [0, 0.1) is 6.92 Å². The monoisotopic (exact) mass is 421 g/mol. The van der Waals surface area contributed by atoms with Crippen molar-refractivity contribution in [3.63, 3.8) is 0 Å². The second kappa shape index (κ2) is 7.97. The zero-order valence-corrected chi connectivity index (χ0v) is 17.7. The maximum atomic E-state index is 12.6. The van der Waals surface area contributed by atoms with Crippen LogP contribution in [-0.4, -0.2) is 15.5 Å². The highest BCUT2D eigenvalue weighted by Crippen LogP contribution is 2.39. The van der Waals surface area contributed by atoms with Gasteiger partial charge in [0, 0.05) is 43.6 Å². The topological polar surface area (TPSA) is 42.2 Å². The van der Waals surface area contributed by atoms with E-state index in [0.717, 1.165) is 32.7 Å². The van der Waals surface area contributed by atoms with Crippen LogP contribution in [0.5, 0.6) is 5.75 Å². The molecule has 1 heterocycles. The molecular weight excluding hydrogens is 402 g/mol. The predicted octanol–water partition coefficient (Wildman–Crippen LogP) is 6.79. The normalized spacial score (nSPS) is 11.1. The summed E-state index contributed by atoms with van der Waals surface area (Å²) in [6.45, 7) is 3.54. The minimum absolute atomic E-state index is 0.00877. The van der Waals surface area contributed by atoms with E-state index in [0.29, 0.717) is 16.3 Å². The number of aromatic hydroxyl groups is 1. The average molecular weight is 422 g/mol. The van der Waals surface area contributed by atoms with Gasteiger partial charge in [-0.15, -0.1) is 11.8 Å². The second-order valence-corrected chi connectivity index (χ2v) is 8.37. The van der Waals surface area contributed by atoms with Crippen molar-refractivity contribution in [2.75, 3.05) is 0 Å². The molecule has 1 N–H and O–H groups in total. The van der Waals surface area contributed by atoms with E-state index < -0.39 is 0 Å². The van der Waals surface area contributed by atoms with Crippen molar-refractivity contribution in [3.8, 4) is 11.4 Å². The summed E-state index contributed by atoms with van der Waals surface area (Å²) in [4.78, 5) is 13.6. The summed E-state index contributed by atoms with van der Waals surface area (Å²) in [5.74, 6) is 0.737. The number of carbonyl (C=O) groups is 1. The van der Waals surface area contributed by atoms with Crippen LogP contribution in [0.3, 0.4) is 0 Å². The van der Waals surface area contributed by atoms with Crippen LogP contribution in [0.15, 0.2) is 71.6 Å². The Hall–Kier alpha value is -2.69. The van der Waals surface area contributed by atoms with Gasteiger partial charge < -0.3 is 9.67 Å². The lowest BCUT2D eigenvalue weighted by Crippen LogP contribution is -1.99. The number of fused-ring (bicyclic) bond motifs is 1. The molecular formula is C24H20ClNO2S. The molecule has 0 aliphatic carbocycles. The third-order valence-electron chi connectivity index (χ3n) is 5.02. The quantitative estimate of drug-likeness (QED) is 0.285. The maximum Gasteiger partial charge on any atom is 0.162 e. The SMILES string of the molecule is CC(=O)c1c(C)n(-c2ccccc2)c2ccc(O)c(CSc3ccc(Cl)cc3)c12. The molecule has 0 bridgehead atoms. The molecule has 4 aromatic rings. The number of carbonyl (C=O) groups excluding carboxylic acids is 1. The molecule has 0 saturated heterocycles. The molecule has 3 aromatic carbocycles.